The van der Waals surface area contributed by atoms with E-state index in [1.54, 1.807) is 37.3 Å². The highest BCUT2D eigenvalue weighted by Crippen LogP contribution is 2.44. The second-order valence-electron chi connectivity index (χ2n) is 8.19. The predicted molar refractivity (Wildman–Crippen MR) is 105 cm³/mol. The zero-order valence-electron chi connectivity index (χ0n) is 16.6. The van der Waals surface area contributed by atoms with Crippen LogP contribution in [-0.4, -0.2) is 33.4 Å². The van der Waals surface area contributed by atoms with Gasteiger partial charge in [0.15, 0.2) is 11.3 Å². The number of ether oxygens (including phenoxy) is 1. The van der Waals surface area contributed by atoms with Crippen LogP contribution in [0.25, 0.3) is 0 Å². The van der Waals surface area contributed by atoms with Gasteiger partial charge < -0.3 is 9.84 Å². The number of carbonyl (C=O) groups excluding carboxylic acids is 2. The molecular formula is C22H26N2O4. The zero-order valence-corrected chi connectivity index (χ0v) is 16.6. The average molecular weight is 382 g/mol. The molecule has 0 unspecified atom stereocenters. The van der Waals surface area contributed by atoms with E-state index in [1.807, 2.05) is 44.2 Å². The maximum atomic E-state index is 12.5. The quantitative estimate of drug-likeness (QED) is 0.828. The van der Waals surface area contributed by atoms with Gasteiger partial charge in [-0.3, -0.25) is 10.2 Å². The molecular weight excluding hydrogens is 356 g/mol. The Kier molecular flexibility index (Phi) is 4.93. The first-order valence-corrected chi connectivity index (χ1v) is 9.24. The molecule has 148 valence electrons. The smallest absolute Gasteiger partial charge is 0.432 e. The van der Waals surface area contributed by atoms with Crippen molar-refractivity contribution in [3.8, 4) is 0 Å². The molecule has 3 rings (SSSR count). The van der Waals surface area contributed by atoms with Crippen LogP contribution in [0, 0.1) is 0 Å². The van der Waals surface area contributed by atoms with Crippen molar-refractivity contribution in [3.63, 3.8) is 0 Å². The van der Waals surface area contributed by atoms with E-state index in [-0.39, 0.29) is 5.41 Å². The molecule has 6 nitrogen and oxygen atoms in total. The third-order valence-corrected chi connectivity index (χ3v) is 5.52. The lowest BCUT2D eigenvalue weighted by atomic mass is 9.73. The molecule has 1 heterocycles. The van der Waals surface area contributed by atoms with Gasteiger partial charge in [-0.25, -0.2) is 4.79 Å². The first-order valence-electron chi connectivity index (χ1n) is 9.24. The van der Waals surface area contributed by atoms with E-state index in [9.17, 15) is 14.7 Å². The Bertz CT molecular complexity index is 865. The van der Waals surface area contributed by atoms with Crippen LogP contribution in [0.2, 0.25) is 0 Å². The standard InChI is InChI=1S/C22H26N2O4/c1-20(2,17-13-9-6-10-14-17)15-21(3)22(4,27)24(19(26)28-21)23-18(25)16-11-7-5-8-12-16/h5-14,27H,15H2,1-4H3,(H,23,25)/t21-,22-/m1/s1. The Morgan fingerprint density at radius 2 is 1.61 bits per heavy atom. The summed E-state index contributed by atoms with van der Waals surface area (Å²) in [7, 11) is 0. The predicted octanol–water partition coefficient (Wildman–Crippen LogP) is 3.62. The second-order valence-corrected chi connectivity index (χ2v) is 8.19. The number of cyclic esters (lactones) is 1. The summed E-state index contributed by atoms with van der Waals surface area (Å²) in [6.07, 6.45) is -0.430. The van der Waals surface area contributed by atoms with Crippen LogP contribution in [0.15, 0.2) is 60.7 Å². The van der Waals surface area contributed by atoms with Crippen LogP contribution < -0.4 is 5.43 Å². The lowest BCUT2D eigenvalue weighted by molar-refractivity contribution is -0.153. The molecule has 2 N–H and O–H groups in total. The molecule has 6 heteroatoms. The molecule has 28 heavy (non-hydrogen) atoms. The number of benzene rings is 2. The minimum Gasteiger partial charge on any atom is -0.437 e. The van der Waals surface area contributed by atoms with Crippen LogP contribution in [0.5, 0.6) is 0 Å². The highest BCUT2D eigenvalue weighted by molar-refractivity contribution is 5.95. The van der Waals surface area contributed by atoms with Crippen LogP contribution in [0.4, 0.5) is 4.79 Å². The van der Waals surface area contributed by atoms with Crippen molar-refractivity contribution >= 4 is 12.0 Å². The number of amides is 2. The molecule has 1 fully saturated rings. The van der Waals surface area contributed by atoms with Gasteiger partial charge in [0.1, 0.15) is 0 Å². The lowest BCUT2D eigenvalue weighted by Gasteiger charge is -2.41. The van der Waals surface area contributed by atoms with Gasteiger partial charge in [0.25, 0.3) is 5.91 Å². The van der Waals surface area contributed by atoms with E-state index in [0.717, 1.165) is 10.6 Å². The molecule has 2 atom stereocenters. The average Bonchev–Trinajstić information content (AvgIpc) is 2.81. The van der Waals surface area contributed by atoms with Gasteiger partial charge in [-0.1, -0.05) is 62.4 Å². The molecule has 1 saturated heterocycles. The molecule has 0 saturated carbocycles. The second kappa shape index (κ2) is 6.95. The number of carbonyl (C=O) groups is 2. The maximum absolute atomic E-state index is 12.5. The fourth-order valence-corrected chi connectivity index (χ4v) is 3.70. The van der Waals surface area contributed by atoms with E-state index in [0.29, 0.717) is 12.0 Å². The SMILES string of the molecule is CC(C)(C[C@@]1(C)OC(=O)N(NC(=O)c2ccccc2)[C@]1(C)O)c1ccccc1. The molecule has 1 aliphatic rings. The molecule has 0 bridgehead atoms. The van der Waals surface area contributed by atoms with E-state index < -0.39 is 23.3 Å². The molecule has 0 aromatic heterocycles. The summed E-state index contributed by atoms with van der Waals surface area (Å²) in [6.45, 7) is 7.22. The summed E-state index contributed by atoms with van der Waals surface area (Å²) in [5, 5.41) is 12.1. The van der Waals surface area contributed by atoms with Crippen molar-refractivity contribution in [2.24, 2.45) is 0 Å². The van der Waals surface area contributed by atoms with Gasteiger partial charge in [-0.15, -0.1) is 0 Å². The van der Waals surface area contributed by atoms with Crippen molar-refractivity contribution in [2.45, 2.75) is 50.9 Å². The zero-order chi connectivity index (χ0) is 20.6. The maximum Gasteiger partial charge on any atom is 0.432 e. The van der Waals surface area contributed by atoms with Gasteiger partial charge in [-0.05, 0) is 37.0 Å². The van der Waals surface area contributed by atoms with E-state index in [1.165, 1.54) is 6.92 Å². The first kappa shape index (κ1) is 19.9. The summed E-state index contributed by atoms with van der Waals surface area (Å²) in [4.78, 5) is 25.0. The van der Waals surface area contributed by atoms with Gasteiger partial charge >= 0.3 is 6.09 Å². The van der Waals surface area contributed by atoms with Gasteiger partial charge in [0.05, 0.1) is 0 Å². The van der Waals surface area contributed by atoms with Crippen LogP contribution in [0.3, 0.4) is 0 Å². The summed E-state index contributed by atoms with van der Waals surface area (Å²) in [5.41, 5.74) is 0.590. The molecule has 0 spiro atoms. The third kappa shape index (κ3) is 3.47. The van der Waals surface area contributed by atoms with Crippen molar-refractivity contribution in [3.05, 3.63) is 71.8 Å². The minimum atomic E-state index is -1.74. The van der Waals surface area contributed by atoms with E-state index in [4.69, 9.17) is 4.74 Å². The molecule has 0 aliphatic carbocycles. The number of hydrogen-bond donors (Lipinski definition) is 2. The van der Waals surface area contributed by atoms with Crippen molar-refractivity contribution in [2.75, 3.05) is 0 Å². The summed E-state index contributed by atoms with van der Waals surface area (Å²) in [6, 6.07) is 18.3. The normalized spacial score (nSPS) is 24.8. The number of nitrogens with zero attached hydrogens (tertiary/aromatic N) is 1. The highest BCUT2D eigenvalue weighted by Gasteiger charge is 2.61. The fourth-order valence-electron chi connectivity index (χ4n) is 3.70. The Hall–Kier alpha value is -2.86. The van der Waals surface area contributed by atoms with Crippen LogP contribution >= 0.6 is 0 Å². The Balaban J connectivity index is 1.84. The number of aliphatic hydroxyl groups is 1. The summed E-state index contributed by atoms with van der Waals surface area (Å²) in [5.74, 6) is -0.496. The summed E-state index contributed by atoms with van der Waals surface area (Å²) < 4.78 is 5.59. The Morgan fingerprint density at radius 3 is 2.18 bits per heavy atom. The lowest BCUT2D eigenvalue weighted by Crippen LogP contribution is -2.61. The van der Waals surface area contributed by atoms with Gasteiger partial charge in [-0.2, -0.15) is 5.01 Å². The van der Waals surface area contributed by atoms with Crippen molar-refractivity contribution in [1.29, 1.82) is 0 Å². The van der Waals surface area contributed by atoms with Gasteiger partial charge in [0, 0.05) is 12.0 Å². The first-order chi connectivity index (χ1) is 13.1. The molecule has 2 aromatic rings. The van der Waals surface area contributed by atoms with Crippen LogP contribution in [-0.2, 0) is 10.2 Å². The number of nitrogens with one attached hydrogen (secondary N) is 1. The van der Waals surface area contributed by atoms with Crippen molar-refractivity contribution in [1.82, 2.24) is 10.4 Å². The molecule has 2 amide bonds. The molecule has 2 aromatic carbocycles. The topological polar surface area (TPSA) is 78.9 Å². The third-order valence-electron chi connectivity index (χ3n) is 5.52. The number of hydrazine groups is 1. The van der Waals surface area contributed by atoms with Crippen molar-refractivity contribution < 1.29 is 19.4 Å². The highest BCUT2D eigenvalue weighted by atomic mass is 16.6. The largest absolute Gasteiger partial charge is 0.437 e. The number of rotatable bonds is 5. The van der Waals surface area contributed by atoms with E-state index >= 15 is 0 Å². The number of hydrogen-bond acceptors (Lipinski definition) is 4. The monoisotopic (exact) mass is 382 g/mol. The minimum absolute atomic E-state index is 0.362. The van der Waals surface area contributed by atoms with Crippen LogP contribution in [0.1, 0.15) is 50.0 Å². The molecule has 0 radical (unpaired) electrons. The molecule has 1 aliphatic heterocycles. The van der Waals surface area contributed by atoms with E-state index in [2.05, 4.69) is 5.43 Å². The Morgan fingerprint density at radius 1 is 1.07 bits per heavy atom. The summed E-state index contributed by atoms with van der Waals surface area (Å²) >= 11 is 0. The Labute approximate surface area is 165 Å². The fraction of sp³-hybridized carbons (Fsp3) is 0.364. The van der Waals surface area contributed by atoms with Gasteiger partial charge in [0.2, 0.25) is 0 Å².